The molecule has 1 aliphatic rings. The quantitative estimate of drug-likeness (QED) is 0.609. The van der Waals surface area contributed by atoms with Crippen molar-refractivity contribution in [2.45, 2.75) is 38.9 Å². The van der Waals surface area contributed by atoms with Crippen molar-refractivity contribution < 1.29 is 22.5 Å². The van der Waals surface area contributed by atoms with Crippen molar-refractivity contribution in [1.29, 1.82) is 0 Å². The van der Waals surface area contributed by atoms with Crippen LogP contribution in [0.1, 0.15) is 40.4 Å². The molecule has 1 unspecified atom stereocenters. The Labute approximate surface area is 171 Å². The lowest BCUT2D eigenvalue weighted by Crippen LogP contribution is -2.26. The summed E-state index contributed by atoms with van der Waals surface area (Å²) in [5.41, 5.74) is 2.38. The third-order valence-corrected chi connectivity index (χ3v) is 5.46. The first kappa shape index (κ1) is 20.1. The van der Waals surface area contributed by atoms with Gasteiger partial charge in [-0.3, -0.25) is 4.79 Å². The molecule has 1 atom stereocenters. The van der Waals surface area contributed by atoms with E-state index in [0.29, 0.717) is 11.7 Å². The molecular formula is C22H20F3N3O2. The molecule has 0 aliphatic carbocycles. The summed E-state index contributed by atoms with van der Waals surface area (Å²) in [6.07, 6.45) is -4.33. The fraction of sp³-hybridized carbons (Fsp3) is 0.318. The molecule has 2 heterocycles. The predicted octanol–water partition coefficient (Wildman–Crippen LogP) is 4.89. The largest absolute Gasteiger partial charge is 0.416 e. The Morgan fingerprint density at radius 1 is 1.13 bits per heavy atom. The number of amides is 1. The maximum Gasteiger partial charge on any atom is 0.416 e. The van der Waals surface area contributed by atoms with Crippen LogP contribution in [0, 0.1) is 13.8 Å². The van der Waals surface area contributed by atoms with Crippen LogP contribution in [0.4, 0.5) is 13.2 Å². The fourth-order valence-electron chi connectivity index (χ4n) is 3.63. The molecule has 30 heavy (non-hydrogen) atoms. The van der Waals surface area contributed by atoms with Gasteiger partial charge in [-0.2, -0.15) is 18.2 Å². The summed E-state index contributed by atoms with van der Waals surface area (Å²) in [4.78, 5) is 18.3. The van der Waals surface area contributed by atoms with Gasteiger partial charge in [-0.05, 0) is 48.7 Å². The molecule has 1 aromatic heterocycles. The van der Waals surface area contributed by atoms with Gasteiger partial charge in [0.1, 0.15) is 0 Å². The topological polar surface area (TPSA) is 59.2 Å². The van der Waals surface area contributed by atoms with E-state index < -0.39 is 11.7 Å². The van der Waals surface area contributed by atoms with Crippen molar-refractivity contribution in [1.82, 2.24) is 15.0 Å². The average Bonchev–Trinajstić information content (AvgIpc) is 3.31. The summed E-state index contributed by atoms with van der Waals surface area (Å²) in [5.74, 6) is 0.207. The molecule has 5 nitrogen and oxygen atoms in total. The van der Waals surface area contributed by atoms with E-state index in [1.807, 2.05) is 32.0 Å². The first-order valence-corrected chi connectivity index (χ1v) is 9.56. The van der Waals surface area contributed by atoms with Crippen molar-refractivity contribution >= 4 is 5.91 Å². The van der Waals surface area contributed by atoms with Gasteiger partial charge in [0.25, 0.3) is 5.89 Å². The van der Waals surface area contributed by atoms with Gasteiger partial charge in [-0.25, -0.2) is 0 Å². The molecule has 0 bridgehead atoms. The highest BCUT2D eigenvalue weighted by Gasteiger charge is 2.37. The molecule has 0 N–H and O–H groups in total. The highest BCUT2D eigenvalue weighted by molar-refractivity contribution is 5.79. The molecular weight excluding hydrogens is 395 g/mol. The number of rotatable bonds is 4. The zero-order chi connectivity index (χ0) is 21.5. The smallest absolute Gasteiger partial charge is 0.338 e. The number of aromatic nitrogens is 2. The first-order valence-electron chi connectivity index (χ1n) is 9.56. The highest BCUT2D eigenvalue weighted by atomic mass is 19.4. The van der Waals surface area contributed by atoms with Crippen LogP contribution in [0.3, 0.4) is 0 Å². The van der Waals surface area contributed by atoms with Crippen LogP contribution in [0.25, 0.3) is 11.5 Å². The minimum absolute atomic E-state index is 0.0722. The van der Waals surface area contributed by atoms with Crippen LogP contribution in [-0.4, -0.2) is 27.5 Å². The van der Waals surface area contributed by atoms with E-state index in [1.165, 1.54) is 23.1 Å². The molecule has 2 aromatic carbocycles. The Morgan fingerprint density at radius 2 is 1.90 bits per heavy atom. The number of carbonyl (C=O) groups is 1. The van der Waals surface area contributed by atoms with Gasteiger partial charge in [-0.1, -0.05) is 29.4 Å². The average molecular weight is 415 g/mol. The molecule has 3 aromatic rings. The van der Waals surface area contributed by atoms with Gasteiger partial charge in [0.15, 0.2) is 5.82 Å². The predicted molar refractivity (Wildman–Crippen MR) is 103 cm³/mol. The van der Waals surface area contributed by atoms with Gasteiger partial charge in [-0.15, -0.1) is 0 Å². The second kappa shape index (κ2) is 7.59. The number of nitrogens with zero attached hydrogens (tertiary/aromatic N) is 3. The van der Waals surface area contributed by atoms with Crippen molar-refractivity contribution in [3.05, 3.63) is 70.5 Å². The number of hydrogen-bond acceptors (Lipinski definition) is 4. The molecule has 0 spiro atoms. The van der Waals surface area contributed by atoms with E-state index in [2.05, 4.69) is 10.1 Å². The third-order valence-electron chi connectivity index (χ3n) is 5.46. The van der Waals surface area contributed by atoms with Crippen LogP contribution in [0.2, 0.25) is 0 Å². The number of alkyl halides is 3. The molecule has 156 valence electrons. The Kier molecular flexibility index (Phi) is 5.09. The van der Waals surface area contributed by atoms with Gasteiger partial charge < -0.3 is 9.42 Å². The number of hydrogen-bond donors (Lipinski definition) is 0. The van der Waals surface area contributed by atoms with Crippen molar-refractivity contribution in [2.75, 3.05) is 6.54 Å². The van der Waals surface area contributed by atoms with Crippen LogP contribution >= 0.6 is 0 Å². The number of halogens is 3. The Hall–Kier alpha value is -3.16. The maximum absolute atomic E-state index is 13.2. The summed E-state index contributed by atoms with van der Waals surface area (Å²) in [5, 5.41) is 4.01. The Morgan fingerprint density at radius 3 is 2.63 bits per heavy atom. The molecule has 0 radical (unpaired) electrons. The van der Waals surface area contributed by atoms with Gasteiger partial charge in [0, 0.05) is 31.0 Å². The van der Waals surface area contributed by atoms with Crippen LogP contribution in [0.15, 0.2) is 47.0 Å². The standard InChI is InChI=1S/C22H20F3N3O2/c1-13-7-8-15(9-14(13)2)21-26-20(27-30-21)17-10-19(29)28(12-17)11-16-5-3-4-6-18(16)22(23,24)25/h3-9,17H,10-12H2,1-2H3. The lowest BCUT2D eigenvalue weighted by Gasteiger charge is -2.19. The molecule has 0 saturated carbocycles. The molecule has 8 heteroatoms. The first-order chi connectivity index (χ1) is 14.2. The number of carbonyl (C=O) groups excluding carboxylic acids is 1. The summed E-state index contributed by atoms with van der Waals surface area (Å²) >= 11 is 0. The Bertz CT molecular complexity index is 1090. The van der Waals surface area contributed by atoms with Crippen LogP contribution in [0.5, 0.6) is 0 Å². The third kappa shape index (κ3) is 3.94. The van der Waals surface area contributed by atoms with Crippen LogP contribution < -0.4 is 0 Å². The number of benzene rings is 2. The van der Waals surface area contributed by atoms with E-state index in [4.69, 9.17) is 4.52 Å². The monoisotopic (exact) mass is 415 g/mol. The van der Waals surface area contributed by atoms with E-state index in [-0.39, 0.29) is 36.9 Å². The van der Waals surface area contributed by atoms with Crippen molar-refractivity contribution in [2.24, 2.45) is 0 Å². The molecule has 1 saturated heterocycles. The summed E-state index contributed by atoms with van der Waals surface area (Å²) in [7, 11) is 0. The maximum atomic E-state index is 13.2. The Balaban J connectivity index is 1.51. The summed E-state index contributed by atoms with van der Waals surface area (Å²) < 4.78 is 45.1. The minimum Gasteiger partial charge on any atom is -0.338 e. The molecule has 4 rings (SSSR count). The van der Waals surface area contributed by atoms with Crippen LogP contribution in [-0.2, 0) is 17.5 Å². The van der Waals surface area contributed by atoms with E-state index in [9.17, 15) is 18.0 Å². The zero-order valence-corrected chi connectivity index (χ0v) is 16.5. The second-order valence-corrected chi connectivity index (χ2v) is 7.59. The molecule has 1 fully saturated rings. The lowest BCUT2D eigenvalue weighted by molar-refractivity contribution is -0.139. The highest BCUT2D eigenvalue weighted by Crippen LogP contribution is 2.34. The minimum atomic E-state index is -4.46. The fourth-order valence-corrected chi connectivity index (χ4v) is 3.63. The second-order valence-electron chi connectivity index (χ2n) is 7.59. The van der Waals surface area contributed by atoms with Gasteiger partial charge in [0.2, 0.25) is 5.91 Å². The summed E-state index contributed by atoms with van der Waals surface area (Å²) in [6.45, 7) is 4.14. The number of aryl methyl sites for hydroxylation is 2. The normalized spacial score (nSPS) is 17.0. The van der Waals surface area contributed by atoms with Crippen molar-refractivity contribution in [3.8, 4) is 11.5 Å². The molecule has 1 aliphatic heterocycles. The van der Waals surface area contributed by atoms with E-state index >= 15 is 0 Å². The lowest BCUT2D eigenvalue weighted by atomic mass is 10.1. The van der Waals surface area contributed by atoms with Gasteiger partial charge in [0.05, 0.1) is 5.56 Å². The van der Waals surface area contributed by atoms with Crippen molar-refractivity contribution in [3.63, 3.8) is 0 Å². The van der Waals surface area contributed by atoms with E-state index in [1.54, 1.807) is 0 Å². The molecule has 1 amide bonds. The van der Waals surface area contributed by atoms with E-state index in [0.717, 1.165) is 22.8 Å². The van der Waals surface area contributed by atoms with Gasteiger partial charge >= 0.3 is 6.18 Å². The summed E-state index contributed by atoms with van der Waals surface area (Å²) in [6, 6.07) is 11.1. The SMILES string of the molecule is Cc1ccc(-c2nc(C3CC(=O)N(Cc4ccccc4C(F)(F)F)C3)no2)cc1C. The zero-order valence-electron chi connectivity index (χ0n) is 16.5. The number of likely N-dealkylation sites (tertiary alicyclic amines) is 1.